The summed E-state index contributed by atoms with van der Waals surface area (Å²) in [7, 11) is 0. The van der Waals surface area contributed by atoms with E-state index in [0.717, 1.165) is 17.8 Å². The molecule has 0 radical (unpaired) electrons. The van der Waals surface area contributed by atoms with Crippen LogP contribution in [0.3, 0.4) is 0 Å². The summed E-state index contributed by atoms with van der Waals surface area (Å²) in [5.41, 5.74) is 6.23. The Hall–Kier alpha value is -0.0800. The van der Waals surface area contributed by atoms with Gasteiger partial charge in [0.1, 0.15) is 6.17 Å². The van der Waals surface area contributed by atoms with Crippen LogP contribution in [0.1, 0.15) is 52.4 Å². The quantitative estimate of drug-likeness (QED) is 0.731. The summed E-state index contributed by atoms with van der Waals surface area (Å²) in [5.74, 6) is 2.82. The Morgan fingerprint density at radius 3 is 2.38 bits per heavy atom. The number of nitrogens with two attached hydrogens (primary N) is 1. The van der Waals surface area contributed by atoms with E-state index in [1.807, 2.05) is 0 Å². The molecule has 2 fully saturated rings. The van der Waals surface area contributed by atoms with E-state index < -0.39 is 0 Å². The van der Waals surface area contributed by atoms with Gasteiger partial charge in [-0.3, -0.25) is 5.73 Å². The average molecular weight is 225 g/mol. The second kappa shape index (κ2) is 5.50. The van der Waals surface area contributed by atoms with Crippen LogP contribution in [0.25, 0.3) is 0 Å². The summed E-state index contributed by atoms with van der Waals surface area (Å²) >= 11 is 0. The van der Waals surface area contributed by atoms with E-state index in [1.165, 1.54) is 51.6 Å². The average Bonchev–Trinajstić information content (AvgIpc) is 2.20. The molecule has 0 amide bonds. The van der Waals surface area contributed by atoms with E-state index in [2.05, 4.69) is 13.8 Å². The molecule has 0 spiro atoms. The van der Waals surface area contributed by atoms with Gasteiger partial charge in [-0.25, -0.2) is 0 Å². The highest BCUT2D eigenvalue weighted by atomic mass is 15.2. The summed E-state index contributed by atoms with van der Waals surface area (Å²) in [6.45, 7) is 7.51. The lowest BCUT2D eigenvalue weighted by Gasteiger charge is -2.36. The molecule has 0 aromatic heterocycles. The number of hydrogen-bond acceptors (Lipinski definition) is 1. The molecular formula is C14H29N2+. The SMILES string of the molecule is CC1CC(C)CC(C[NH+]2CCCCC2N)C1. The zero-order chi connectivity index (χ0) is 11.5. The smallest absolute Gasteiger partial charge is 0.138 e. The van der Waals surface area contributed by atoms with Crippen molar-refractivity contribution in [2.24, 2.45) is 23.5 Å². The Kier molecular flexibility index (Phi) is 4.26. The van der Waals surface area contributed by atoms with Crippen molar-refractivity contribution in [2.45, 2.75) is 58.5 Å². The molecule has 4 atom stereocenters. The first-order valence-electron chi connectivity index (χ1n) is 7.25. The van der Waals surface area contributed by atoms with Crippen molar-refractivity contribution < 1.29 is 4.90 Å². The molecular weight excluding hydrogens is 196 g/mol. The van der Waals surface area contributed by atoms with Gasteiger partial charge < -0.3 is 4.90 Å². The molecule has 1 aliphatic heterocycles. The van der Waals surface area contributed by atoms with Gasteiger partial charge in [0.2, 0.25) is 0 Å². The van der Waals surface area contributed by atoms with E-state index >= 15 is 0 Å². The molecule has 0 aromatic carbocycles. The van der Waals surface area contributed by atoms with Gasteiger partial charge in [0, 0.05) is 12.3 Å². The Balaban J connectivity index is 1.83. The molecule has 3 N–H and O–H groups in total. The van der Waals surface area contributed by atoms with Crippen LogP contribution in [-0.2, 0) is 0 Å². The van der Waals surface area contributed by atoms with E-state index in [-0.39, 0.29) is 0 Å². The maximum absolute atomic E-state index is 6.23. The first-order valence-corrected chi connectivity index (χ1v) is 7.25. The summed E-state index contributed by atoms with van der Waals surface area (Å²) in [4.78, 5) is 1.69. The van der Waals surface area contributed by atoms with Crippen LogP contribution in [0.2, 0.25) is 0 Å². The van der Waals surface area contributed by atoms with Crippen molar-refractivity contribution in [1.29, 1.82) is 0 Å². The van der Waals surface area contributed by atoms with Gasteiger partial charge in [-0.2, -0.15) is 0 Å². The lowest BCUT2D eigenvalue weighted by molar-refractivity contribution is -0.933. The first kappa shape index (κ1) is 12.4. The van der Waals surface area contributed by atoms with Crippen LogP contribution in [-0.4, -0.2) is 19.3 Å². The van der Waals surface area contributed by atoms with Gasteiger partial charge in [0.25, 0.3) is 0 Å². The molecule has 0 aromatic rings. The number of hydrogen-bond donors (Lipinski definition) is 2. The number of piperidine rings is 1. The van der Waals surface area contributed by atoms with E-state index in [1.54, 1.807) is 4.90 Å². The lowest BCUT2D eigenvalue weighted by atomic mass is 9.76. The van der Waals surface area contributed by atoms with Crippen LogP contribution < -0.4 is 10.6 Å². The van der Waals surface area contributed by atoms with Crippen molar-refractivity contribution in [2.75, 3.05) is 13.1 Å². The van der Waals surface area contributed by atoms with Crippen LogP contribution in [0.5, 0.6) is 0 Å². The van der Waals surface area contributed by atoms with E-state index in [4.69, 9.17) is 5.73 Å². The van der Waals surface area contributed by atoms with Crippen molar-refractivity contribution in [3.8, 4) is 0 Å². The minimum Gasteiger partial charge on any atom is -0.320 e. The maximum atomic E-state index is 6.23. The molecule has 2 aliphatic rings. The van der Waals surface area contributed by atoms with Crippen LogP contribution in [0.4, 0.5) is 0 Å². The fraction of sp³-hybridized carbons (Fsp3) is 1.00. The molecule has 94 valence electrons. The van der Waals surface area contributed by atoms with Crippen LogP contribution in [0.15, 0.2) is 0 Å². The van der Waals surface area contributed by atoms with E-state index in [9.17, 15) is 0 Å². The fourth-order valence-corrected chi connectivity index (χ4v) is 4.01. The number of nitrogens with one attached hydrogen (secondary N) is 1. The van der Waals surface area contributed by atoms with Gasteiger partial charge in [0.05, 0.1) is 13.1 Å². The Bertz CT molecular complexity index is 207. The highest BCUT2D eigenvalue weighted by Crippen LogP contribution is 2.32. The molecule has 4 unspecified atom stereocenters. The lowest BCUT2D eigenvalue weighted by Crippen LogP contribution is -3.18. The van der Waals surface area contributed by atoms with Crippen LogP contribution in [0, 0.1) is 17.8 Å². The maximum Gasteiger partial charge on any atom is 0.138 e. The fourth-order valence-electron chi connectivity index (χ4n) is 4.01. The van der Waals surface area contributed by atoms with E-state index in [0.29, 0.717) is 6.17 Å². The molecule has 1 heterocycles. The molecule has 1 saturated carbocycles. The zero-order valence-corrected chi connectivity index (χ0v) is 11.0. The van der Waals surface area contributed by atoms with Gasteiger partial charge in [-0.15, -0.1) is 0 Å². The van der Waals surface area contributed by atoms with Crippen molar-refractivity contribution in [3.05, 3.63) is 0 Å². The Morgan fingerprint density at radius 2 is 1.75 bits per heavy atom. The zero-order valence-electron chi connectivity index (χ0n) is 11.0. The molecule has 16 heavy (non-hydrogen) atoms. The second-order valence-corrected chi connectivity index (χ2v) is 6.50. The first-order chi connectivity index (χ1) is 7.65. The summed E-state index contributed by atoms with van der Waals surface area (Å²) in [6, 6.07) is 0. The largest absolute Gasteiger partial charge is 0.320 e. The molecule has 2 heteroatoms. The topological polar surface area (TPSA) is 30.5 Å². The molecule has 1 saturated heterocycles. The normalized spacial score (nSPS) is 45.6. The standard InChI is InChI=1S/C14H28N2/c1-11-7-12(2)9-13(8-11)10-16-6-4-3-5-14(16)15/h11-14H,3-10,15H2,1-2H3/p+1. The minimum absolute atomic E-state index is 0.432. The second-order valence-electron chi connectivity index (χ2n) is 6.50. The third kappa shape index (κ3) is 3.21. The highest BCUT2D eigenvalue weighted by molar-refractivity contribution is 4.74. The molecule has 0 bridgehead atoms. The molecule has 2 rings (SSSR count). The molecule has 1 aliphatic carbocycles. The number of rotatable bonds is 2. The summed E-state index contributed by atoms with van der Waals surface area (Å²) in [5, 5.41) is 0. The predicted octanol–water partition coefficient (Wildman–Crippen LogP) is 1.41. The van der Waals surface area contributed by atoms with Crippen molar-refractivity contribution in [3.63, 3.8) is 0 Å². The van der Waals surface area contributed by atoms with Gasteiger partial charge in [-0.05, 0) is 43.9 Å². The van der Waals surface area contributed by atoms with Gasteiger partial charge in [-0.1, -0.05) is 13.8 Å². The third-order valence-corrected chi connectivity index (χ3v) is 4.61. The Labute approximate surface area is 101 Å². The summed E-state index contributed by atoms with van der Waals surface area (Å²) in [6.07, 6.45) is 8.75. The summed E-state index contributed by atoms with van der Waals surface area (Å²) < 4.78 is 0. The van der Waals surface area contributed by atoms with Gasteiger partial charge >= 0.3 is 0 Å². The Morgan fingerprint density at radius 1 is 1.06 bits per heavy atom. The monoisotopic (exact) mass is 225 g/mol. The van der Waals surface area contributed by atoms with Crippen LogP contribution >= 0.6 is 0 Å². The van der Waals surface area contributed by atoms with Crippen molar-refractivity contribution >= 4 is 0 Å². The molecule has 2 nitrogen and oxygen atoms in total. The minimum atomic E-state index is 0.432. The third-order valence-electron chi connectivity index (χ3n) is 4.61. The van der Waals surface area contributed by atoms with Gasteiger partial charge in [0.15, 0.2) is 0 Å². The van der Waals surface area contributed by atoms with Crippen molar-refractivity contribution in [1.82, 2.24) is 0 Å². The number of quaternary nitrogens is 1. The highest BCUT2D eigenvalue weighted by Gasteiger charge is 2.30. The number of likely N-dealkylation sites (tertiary alicyclic amines) is 1. The predicted molar refractivity (Wildman–Crippen MR) is 68.2 cm³/mol.